The van der Waals surface area contributed by atoms with Crippen LogP contribution in [0.15, 0.2) is 30.5 Å². The topological polar surface area (TPSA) is 95.3 Å². The van der Waals surface area contributed by atoms with E-state index in [1.807, 2.05) is 25.1 Å². The van der Waals surface area contributed by atoms with Crippen molar-refractivity contribution in [1.29, 1.82) is 5.26 Å². The van der Waals surface area contributed by atoms with Crippen molar-refractivity contribution in [2.75, 3.05) is 25.5 Å². The van der Waals surface area contributed by atoms with Gasteiger partial charge in [0.1, 0.15) is 5.56 Å². The van der Waals surface area contributed by atoms with Gasteiger partial charge in [0.15, 0.2) is 0 Å². The molecule has 4 rings (SSSR count). The summed E-state index contributed by atoms with van der Waals surface area (Å²) in [5.74, 6) is 0.120. The molecule has 1 N–H and O–H groups in total. The van der Waals surface area contributed by atoms with Crippen molar-refractivity contribution in [3.05, 3.63) is 41.6 Å². The number of fused-ring (bicyclic) bond motifs is 1. The third kappa shape index (κ3) is 3.54. The van der Waals surface area contributed by atoms with Crippen LogP contribution in [0, 0.1) is 16.7 Å². The molecule has 7 nitrogen and oxygen atoms in total. The van der Waals surface area contributed by atoms with Gasteiger partial charge in [0, 0.05) is 37.0 Å². The fraction of sp³-hybridized carbons (Fsp3) is 0.364. The second kappa shape index (κ2) is 7.21. The molecule has 2 aromatic rings. The molecule has 1 fully saturated rings. The molecule has 1 unspecified atom stereocenters. The lowest BCUT2D eigenvalue weighted by Crippen LogP contribution is -2.31. The third-order valence-corrected chi connectivity index (χ3v) is 5.64. The lowest BCUT2D eigenvalue weighted by molar-refractivity contribution is -0.116. The Morgan fingerprint density at radius 2 is 2.14 bits per heavy atom. The van der Waals surface area contributed by atoms with Crippen molar-refractivity contribution >= 4 is 17.5 Å². The Morgan fingerprint density at radius 1 is 1.31 bits per heavy atom. The van der Waals surface area contributed by atoms with Crippen LogP contribution in [0.3, 0.4) is 0 Å². The third-order valence-electron chi connectivity index (χ3n) is 5.64. The molecule has 1 atom stereocenters. The van der Waals surface area contributed by atoms with Gasteiger partial charge in [-0.05, 0) is 49.1 Å². The number of nitrogens with one attached hydrogen (secondary N) is 1. The van der Waals surface area contributed by atoms with Crippen LogP contribution in [-0.4, -0.2) is 41.9 Å². The first-order valence-electron chi connectivity index (χ1n) is 9.60. The molecule has 1 aromatic carbocycles. The Kier molecular flexibility index (Phi) is 4.71. The van der Waals surface area contributed by atoms with Gasteiger partial charge in [0.2, 0.25) is 11.8 Å². The molecule has 148 valence electrons. The standard InChI is InChI=1S/C22H22N4O3/c1-22(12-23)7-8-26(13-22)21(28)17-10-16(11-24-20(17)29-2)14-3-5-18-15(9-14)4-6-19(27)25-18/h3,5,9-11H,4,6-8,13H2,1-2H3,(H,25,27). The van der Waals surface area contributed by atoms with Gasteiger partial charge < -0.3 is 15.0 Å². The van der Waals surface area contributed by atoms with Gasteiger partial charge in [-0.1, -0.05) is 6.07 Å². The maximum Gasteiger partial charge on any atom is 0.259 e. The molecule has 29 heavy (non-hydrogen) atoms. The average Bonchev–Trinajstić information content (AvgIpc) is 3.15. The number of aromatic nitrogens is 1. The molecule has 1 aromatic heterocycles. The second-order valence-electron chi connectivity index (χ2n) is 7.85. The monoisotopic (exact) mass is 390 g/mol. The highest BCUT2D eigenvalue weighted by Gasteiger charge is 2.37. The second-order valence-corrected chi connectivity index (χ2v) is 7.85. The number of nitrogens with zero attached hydrogens (tertiary/aromatic N) is 3. The molecule has 2 aliphatic rings. The minimum absolute atomic E-state index is 0.0271. The zero-order valence-electron chi connectivity index (χ0n) is 16.5. The Balaban J connectivity index is 1.67. The predicted octanol–water partition coefficient (Wildman–Crippen LogP) is 3.02. The summed E-state index contributed by atoms with van der Waals surface area (Å²) in [7, 11) is 1.49. The number of pyridine rings is 1. The van der Waals surface area contributed by atoms with Crippen molar-refractivity contribution < 1.29 is 14.3 Å². The molecule has 0 aliphatic carbocycles. The number of carbonyl (C=O) groups is 2. The number of benzene rings is 1. The summed E-state index contributed by atoms with van der Waals surface area (Å²) in [4.78, 5) is 30.7. The minimum Gasteiger partial charge on any atom is -0.480 e. The van der Waals surface area contributed by atoms with Crippen LogP contribution in [0.4, 0.5) is 5.69 Å². The number of hydrogen-bond acceptors (Lipinski definition) is 5. The molecular formula is C22H22N4O3. The molecule has 0 saturated carbocycles. The first kappa shape index (κ1) is 18.9. The fourth-order valence-electron chi connectivity index (χ4n) is 3.88. The molecule has 0 spiro atoms. The van der Waals surface area contributed by atoms with Crippen LogP contribution < -0.4 is 10.1 Å². The molecule has 0 radical (unpaired) electrons. The molecule has 3 heterocycles. The van der Waals surface area contributed by atoms with Crippen LogP contribution in [0.25, 0.3) is 11.1 Å². The molecule has 0 bridgehead atoms. The van der Waals surface area contributed by atoms with E-state index in [9.17, 15) is 14.9 Å². The summed E-state index contributed by atoms with van der Waals surface area (Å²) in [5, 5.41) is 12.2. The van der Waals surface area contributed by atoms with Crippen LogP contribution in [-0.2, 0) is 11.2 Å². The number of methoxy groups -OCH3 is 1. The maximum absolute atomic E-state index is 13.1. The Labute approximate surface area is 169 Å². The molecular weight excluding hydrogens is 368 g/mol. The van der Waals surface area contributed by atoms with Crippen LogP contribution in [0.2, 0.25) is 0 Å². The summed E-state index contributed by atoms with van der Waals surface area (Å²) in [6, 6.07) is 9.91. The van der Waals surface area contributed by atoms with Crippen molar-refractivity contribution in [1.82, 2.24) is 9.88 Å². The van der Waals surface area contributed by atoms with Gasteiger partial charge in [-0.15, -0.1) is 0 Å². The number of nitriles is 1. The zero-order valence-corrected chi connectivity index (χ0v) is 16.5. The van der Waals surface area contributed by atoms with E-state index in [1.54, 1.807) is 17.2 Å². The first-order chi connectivity index (χ1) is 13.9. The normalized spacial score (nSPS) is 20.6. The summed E-state index contributed by atoms with van der Waals surface area (Å²) in [5.41, 5.74) is 3.49. The fourth-order valence-corrected chi connectivity index (χ4v) is 3.88. The van der Waals surface area contributed by atoms with Crippen LogP contribution >= 0.6 is 0 Å². The van der Waals surface area contributed by atoms with E-state index < -0.39 is 5.41 Å². The van der Waals surface area contributed by atoms with Crippen molar-refractivity contribution in [2.45, 2.75) is 26.2 Å². The van der Waals surface area contributed by atoms with Gasteiger partial charge in [-0.2, -0.15) is 5.26 Å². The number of anilines is 1. The van der Waals surface area contributed by atoms with E-state index in [-0.39, 0.29) is 17.7 Å². The Hall–Kier alpha value is -3.40. The minimum atomic E-state index is -0.517. The van der Waals surface area contributed by atoms with E-state index in [2.05, 4.69) is 16.4 Å². The van der Waals surface area contributed by atoms with Crippen molar-refractivity contribution in [3.63, 3.8) is 0 Å². The molecule has 7 heteroatoms. The highest BCUT2D eigenvalue weighted by Crippen LogP contribution is 2.33. The quantitative estimate of drug-likeness (QED) is 0.869. The number of likely N-dealkylation sites (tertiary alicyclic amines) is 1. The van der Waals surface area contributed by atoms with E-state index in [4.69, 9.17) is 4.74 Å². The lowest BCUT2D eigenvalue weighted by Gasteiger charge is -2.20. The summed E-state index contributed by atoms with van der Waals surface area (Å²) in [6.45, 7) is 2.81. The SMILES string of the molecule is COc1ncc(-c2ccc3c(c2)CCC(=O)N3)cc1C(=O)N1CCC(C)(C#N)C1. The molecule has 2 aliphatic heterocycles. The number of rotatable bonds is 3. The Bertz CT molecular complexity index is 1040. The summed E-state index contributed by atoms with van der Waals surface area (Å²) < 4.78 is 5.33. The average molecular weight is 390 g/mol. The van der Waals surface area contributed by atoms with E-state index in [0.29, 0.717) is 37.9 Å². The number of ether oxygens (including phenoxy) is 1. The number of hydrogen-bond donors (Lipinski definition) is 1. The summed E-state index contributed by atoms with van der Waals surface area (Å²) >= 11 is 0. The van der Waals surface area contributed by atoms with E-state index in [0.717, 1.165) is 22.4 Å². The highest BCUT2D eigenvalue weighted by molar-refractivity contribution is 5.98. The van der Waals surface area contributed by atoms with Crippen LogP contribution in [0.5, 0.6) is 5.88 Å². The largest absolute Gasteiger partial charge is 0.480 e. The predicted molar refractivity (Wildman–Crippen MR) is 107 cm³/mol. The van der Waals surface area contributed by atoms with E-state index in [1.165, 1.54) is 7.11 Å². The lowest BCUT2D eigenvalue weighted by atomic mass is 9.92. The molecule has 1 saturated heterocycles. The summed E-state index contributed by atoms with van der Waals surface area (Å²) in [6.07, 6.45) is 3.49. The van der Waals surface area contributed by atoms with Gasteiger partial charge >= 0.3 is 0 Å². The zero-order chi connectivity index (χ0) is 20.6. The Morgan fingerprint density at radius 3 is 2.86 bits per heavy atom. The maximum atomic E-state index is 13.1. The van der Waals surface area contributed by atoms with Crippen LogP contribution in [0.1, 0.15) is 35.7 Å². The van der Waals surface area contributed by atoms with Gasteiger partial charge in [0.25, 0.3) is 5.91 Å². The van der Waals surface area contributed by atoms with Gasteiger partial charge in [-0.3, -0.25) is 9.59 Å². The smallest absolute Gasteiger partial charge is 0.259 e. The van der Waals surface area contributed by atoms with Gasteiger partial charge in [-0.25, -0.2) is 4.98 Å². The first-order valence-corrected chi connectivity index (χ1v) is 9.60. The number of carbonyl (C=O) groups excluding carboxylic acids is 2. The van der Waals surface area contributed by atoms with Gasteiger partial charge in [0.05, 0.1) is 18.6 Å². The van der Waals surface area contributed by atoms with Crippen molar-refractivity contribution in [3.8, 4) is 23.1 Å². The van der Waals surface area contributed by atoms with Crippen molar-refractivity contribution in [2.24, 2.45) is 5.41 Å². The van der Waals surface area contributed by atoms with E-state index >= 15 is 0 Å². The number of amides is 2. The molecule has 2 amide bonds. The number of aryl methyl sites for hydroxylation is 1. The highest BCUT2D eigenvalue weighted by atomic mass is 16.5.